The molecule has 3 fully saturated rings. The van der Waals surface area contributed by atoms with Crippen LogP contribution in [0.2, 0.25) is 5.02 Å². The van der Waals surface area contributed by atoms with Crippen LogP contribution in [0.4, 0.5) is 30.4 Å². The van der Waals surface area contributed by atoms with Gasteiger partial charge >= 0.3 is 0 Å². The van der Waals surface area contributed by atoms with Gasteiger partial charge in [0.2, 0.25) is 5.91 Å². The monoisotopic (exact) mass is 747 g/mol. The average Bonchev–Trinajstić information content (AvgIpc) is 3.72. The Kier molecular flexibility index (Phi) is 8.80. The molecule has 0 spiro atoms. The summed E-state index contributed by atoms with van der Waals surface area (Å²) in [5.74, 6) is -3.23. The van der Waals surface area contributed by atoms with E-state index in [-0.39, 0.29) is 35.1 Å². The Morgan fingerprint density at radius 2 is 1.72 bits per heavy atom. The van der Waals surface area contributed by atoms with Gasteiger partial charge in [0.05, 0.1) is 44.8 Å². The first kappa shape index (κ1) is 35.8. The van der Waals surface area contributed by atoms with Crippen LogP contribution in [0.3, 0.4) is 0 Å². The Labute approximate surface area is 312 Å². The number of likely N-dealkylation sites (tertiary alicyclic amines) is 1. The van der Waals surface area contributed by atoms with Crippen LogP contribution in [0.25, 0.3) is 22.3 Å². The Morgan fingerprint density at radius 1 is 1.00 bits per heavy atom. The minimum absolute atomic E-state index is 0.0585. The Morgan fingerprint density at radius 3 is 2.38 bits per heavy atom. The number of anilines is 3. The third-order valence-electron chi connectivity index (χ3n) is 12.0. The summed E-state index contributed by atoms with van der Waals surface area (Å²) in [5, 5.41) is 4.90. The van der Waals surface area contributed by atoms with Crippen LogP contribution in [0.1, 0.15) is 102 Å². The molecule has 2 aromatic heterocycles. The molecule has 13 heteroatoms. The van der Waals surface area contributed by atoms with Crippen molar-refractivity contribution in [2.45, 2.75) is 115 Å². The average molecular weight is 748 g/mol. The zero-order valence-corrected chi connectivity index (χ0v) is 31.5. The SMILES string of the molecule is CC(C)n1cnc2cc(-c3ccc4c(c3)N(C3CC(N5CCCCC5)C3)C(=O)C4(C)C)nc(Nc3cc(C(=O)NC4(C(C)F)CC4)c(Cl)c(F)c3F)c21. The molecule has 4 aliphatic rings. The Balaban J connectivity index is 1.17. The highest BCUT2D eigenvalue weighted by atomic mass is 35.5. The number of rotatable bonds is 9. The molecule has 53 heavy (non-hydrogen) atoms. The number of halogens is 4. The van der Waals surface area contributed by atoms with Crippen molar-refractivity contribution < 1.29 is 22.8 Å². The largest absolute Gasteiger partial charge is 0.344 e. The normalized spacial score (nSPS) is 22.5. The lowest BCUT2D eigenvalue weighted by Gasteiger charge is -2.48. The molecule has 1 saturated heterocycles. The molecule has 9 nitrogen and oxygen atoms in total. The first-order valence-electron chi connectivity index (χ1n) is 18.7. The van der Waals surface area contributed by atoms with Crippen LogP contribution in [-0.2, 0) is 10.2 Å². The van der Waals surface area contributed by atoms with Gasteiger partial charge in [0.25, 0.3) is 5.91 Å². The summed E-state index contributed by atoms with van der Waals surface area (Å²) in [7, 11) is 0. The molecule has 2 aliphatic heterocycles. The van der Waals surface area contributed by atoms with Crippen molar-refractivity contribution in [1.29, 1.82) is 0 Å². The van der Waals surface area contributed by atoms with E-state index >= 15 is 8.78 Å². The van der Waals surface area contributed by atoms with Crippen LogP contribution in [0, 0.1) is 11.6 Å². The van der Waals surface area contributed by atoms with Gasteiger partial charge in [0.1, 0.15) is 11.7 Å². The van der Waals surface area contributed by atoms with Gasteiger partial charge in [-0.1, -0.05) is 30.2 Å². The van der Waals surface area contributed by atoms with Crippen molar-refractivity contribution in [2.75, 3.05) is 23.3 Å². The van der Waals surface area contributed by atoms with E-state index in [0.717, 1.165) is 48.8 Å². The smallest absolute Gasteiger partial charge is 0.253 e. The number of amides is 2. The second kappa shape index (κ2) is 13.0. The molecule has 1 atom stereocenters. The van der Waals surface area contributed by atoms with Crippen LogP contribution in [0.15, 0.2) is 36.7 Å². The van der Waals surface area contributed by atoms with E-state index in [1.54, 1.807) is 6.33 Å². The fourth-order valence-electron chi connectivity index (χ4n) is 8.38. The summed E-state index contributed by atoms with van der Waals surface area (Å²) < 4.78 is 47.1. The van der Waals surface area contributed by atoms with E-state index in [1.807, 2.05) is 61.4 Å². The molecule has 2 saturated carbocycles. The van der Waals surface area contributed by atoms with Gasteiger partial charge in [-0.3, -0.25) is 9.59 Å². The number of imidazole rings is 1. The predicted molar refractivity (Wildman–Crippen MR) is 201 cm³/mol. The number of carbonyl (C=O) groups excluding carboxylic acids is 2. The molecular weight excluding hydrogens is 703 g/mol. The van der Waals surface area contributed by atoms with E-state index in [4.69, 9.17) is 16.6 Å². The van der Waals surface area contributed by atoms with Gasteiger partial charge in [-0.2, -0.15) is 0 Å². The second-order valence-electron chi connectivity index (χ2n) is 16.1. The lowest BCUT2D eigenvalue weighted by atomic mass is 9.82. The van der Waals surface area contributed by atoms with E-state index in [9.17, 15) is 14.0 Å². The van der Waals surface area contributed by atoms with Crippen molar-refractivity contribution in [1.82, 2.24) is 24.8 Å². The first-order valence-corrected chi connectivity index (χ1v) is 19.1. The summed E-state index contributed by atoms with van der Waals surface area (Å²) in [6.07, 6.45) is 6.81. The number of carbonyl (C=O) groups is 2. The second-order valence-corrected chi connectivity index (χ2v) is 16.5. The van der Waals surface area contributed by atoms with Crippen LogP contribution < -0.4 is 15.5 Å². The predicted octanol–water partition coefficient (Wildman–Crippen LogP) is 8.62. The number of nitrogens with one attached hydrogen (secondary N) is 2. The van der Waals surface area contributed by atoms with Gasteiger partial charge in [0.15, 0.2) is 17.5 Å². The molecule has 4 heterocycles. The number of benzene rings is 2. The highest BCUT2D eigenvalue weighted by Gasteiger charge is 2.51. The summed E-state index contributed by atoms with van der Waals surface area (Å²) in [5.41, 5.74) is 1.73. The Hall–Kier alpha value is -4.16. The highest BCUT2D eigenvalue weighted by Crippen LogP contribution is 2.48. The quantitative estimate of drug-likeness (QED) is 0.167. The maximum Gasteiger partial charge on any atom is 0.253 e. The van der Waals surface area contributed by atoms with Crippen LogP contribution in [0.5, 0.6) is 0 Å². The fourth-order valence-corrected chi connectivity index (χ4v) is 8.61. The zero-order chi connectivity index (χ0) is 37.6. The number of nitrogens with zero attached hydrogens (tertiary/aromatic N) is 5. The molecule has 2 amide bonds. The van der Waals surface area contributed by atoms with E-state index in [0.29, 0.717) is 35.6 Å². The van der Waals surface area contributed by atoms with Crippen LogP contribution in [-0.4, -0.2) is 68.1 Å². The van der Waals surface area contributed by atoms with Crippen molar-refractivity contribution in [3.63, 3.8) is 0 Å². The number of alkyl halides is 1. The molecule has 2 aliphatic carbocycles. The summed E-state index contributed by atoms with van der Waals surface area (Å²) in [6, 6.07) is 9.42. The zero-order valence-electron chi connectivity index (χ0n) is 30.7. The van der Waals surface area contributed by atoms with E-state index in [1.165, 1.54) is 26.2 Å². The topological polar surface area (TPSA) is 95.4 Å². The molecule has 1 unspecified atom stereocenters. The van der Waals surface area contributed by atoms with Gasteiger partial charge in [-0.05, 0) is 110 Å². The Bertz CT molecular complexity index is 2130. The van der Waals surface area contributed by atoms with Crippen molar-refractivity contribution in [3.05, 3.63) is 64.4 Å². The van der Waals surface area contributed by atoms with E-state index in [2.05, 4.69) is 20.5 Å². The summed E-state index contributed by atoms with van der Waals surface area (Å²) in [6.45, 7) is 11.5. The number of hydrogen-bond donors (Lipinski definition) is 2. The third kappa shape index (κ3) is 5.96. The number of hydrogen-bond acceptors (Lipinski definition) is 6. The molecule has 0 radical (unpaired) electrons. The minimum atomic E-state index is -1.41. The highest BCUT2D eigenvalue weighted by molar-refractivity contribution is 6.34. The van der Waals surface area contributed by atoms with Crippen LogP contribution >= 0.6 is 11.6 Å². The molecule has 0 bridgehead atoms. The number of piperidine rings is 1. The van der Waals surface area contributed by atoms with Gasteiger partial charge < -0.3 is 25.0 Å². The number of pyridine rings is 1. The first-order chi connectivity index (χ1) is 25.2. The van der Waals surface area contributed by atoms with Gasteiger partial charge in [-0.15, -0.1) is 0 Å². The molecule has 2 aromatic carbocycles. The maximum atomic E-state index is 15.6. The number of aromatic nitrogens is 3. The van der Waals surface area contributed by atoms with E-state index < -0.39 is 39.7 Å². The molecular formula is C40H45ClF3N7O2. The van der Waals surface area contributed by atoms with Gasteiger partial charge in [-0.25, -0.2) is 23.1 Å². The van der Waals surface area contributed by atoms with Crippen molar-refractivity contribution >= 4 is 51.6 Å². The molecule has 2 N–H and O–H groups in total. The standard InChI is InChI=1S/C40H45ClF3N7O2/c1-21(2)50-20-45-30-19-28(23-9-10-27-31(15-23)51(38(53)39(27,4)5)25-16-24(17-25)49-13-7-6-8-14-49)46-36(35(30)50)47-29-18-26(32(41)34(44)33(29)43)37(52)48-40(11-12-40)22(3)42/h9-10,15,18-22,24-25H,6-8,11-14,16-17H2,1-5H3,(H,46,47)(H,48,52). The lowest BCUT2D eigenvalue weighted by Crippen LogP contribution is -2.57. The minimum Gasteiger partial charge on any atom is -0.344 e. The fraction of sp³-hybridized carbons (Fsp3) is 0.500. The summed E-state index contributed by atoms with van der Waals surface area (Å²) in [4.78, 5) is 41.4. The lowest BCUT2D eigenvalue weighted by molar-refractivity contribution is -0.123. The molecule has 4 aromatic rings. The van der Waals surface area contributed by atoms with Crippen molar-refractivity contribution in [3.8, 4) is 11.3 Å². The summed E-state index contributed by atoms with van der Waals surface area (Å²) >= 11 is 6.16. The van der Waals surface area contributed by atoms with Crippen molar-refractivity contribution in [2.24, 2.45) is 0 Å². The number of fused-ring (bicyclic) bond motifs is 2. The third-order valence-corrected chi connectivity index (χ3v) is 12.4. The molecule has 280 valence electrons. The molecule has 8 rings (SSSR count). The maximum absolute atomic E-state index is 15.6. The van der Waals surface area contributed by atoms with Gasteiger partial charge in [0, 0.05) is 29.4 Å².